The van der Waals surface area contributed by atoms with Crippen LogP contribution in [0.2, 0.25) is 10.0 Å². The molecular weight excluding hydrogens is 891 g/mol. The molecule has 0 fully saturated rings. The van der Waals surface area contributed by atoms with E-state index in [0.29, 0.717) is 32.6 Å². The van der Waals surface area contributed by atoms with Crippen molar-refractivity contribution in [1.29, 1.82) is 0 Å². The summed E-state index contributed by atoms with van der Waals surface area (Å²) >= 11 is 12.5. The molecule has 10 rings (SSSR count). The van der Waals surface area contributed by atoms with Crippen LogP contribution in [0.3, 0.4) is 0 Å². The molecule has 66 heavy (non-hydrogen) atoms. The quantitative estimate of drug-likeness (QED) is 0.0946. The summed E-state index contributed by atoms with van der Waals surface area (Å²) in [6.45, 7) is 0.0521. The van der Waals surface area contributed by atoms with Gasteiger partial charge in [-0.1, -0.05) is 45.6 Å². The normalized spacial score (nSPS) is 12.2. The van der Waals surface area contributed by atoms with Gasteiger partial charge in [0, 0.05) is 107 Å². The van der Waals surface area contributed by atoms with Crippen molar-refractivity contribution < 1.29 is 10.4 Å². The van der Waals surface area contributed by atoms with Gasteiger partial charge in [-0.3, -0.25) is 37.8 Å². The van der Waals surface area contributed by atoms with Gasteiger partial charge in [-0.15, -0.1) is 0 Å². The second kappa shape index (κ2) is 17.0. The number of aromatic nitrogens is 12. The monoisotopic (exact) mass is 926 g/mol. The minimum absolute atomic E-state index is 0.0261. The van der Waals surface area contributed by atoms with E-state index in [1.165, 1.54) is 18.3 Å². The molecule has 0 saturated carbocycles. The number of fused-ring (bicyclic) bond motifs is 4. The summed E-state index contributed by atoms with van der Waals surface area (Å²) < 4.78 is 7.91. The second-order valence-electron chi connectivity index (χ2n) is 15.2. The molecule has 332 valence electrons. The Morgan fingerprint density at radius 2 is 0.955 bits per heavy atom. The third-order valence-corrected chi connectivity index (χ3v) is 11.9. The molecule has 8 heterocycles. The molecule has 0 radical (unpaired) electrons. The highest BCUT2D eigenvalue weighted by atomic mass is 35.5. The molecule has 0 aliphatic carbocycles. The predicted octanol–water partition coefficient (Wildman–Crippen LogP) is 4.48. The third kappa shape index (κ3) is 7.22. The molecular formula is C44H36Cl2N14O6. The zero-order valence-corrected chi connectivity index (χ0v) is 36.8. The first kappa shape index (κ1) is 42.9. The first-order valence-corrected chi connectivity index (χ1v) is 20.7. The topological polar surface area (TPSA) is 246 Å². The molecule has 0 aliphatic rings. The molecule has 0 atom stereocenters. The second-order valence-corrected chi connectivity index (χ2v) is 16.0. The molecule has 0 amide bonds. The van der Waals surface area contributed by atoms with Gasteiger partial charge in [0.15, 0.2) is 45.4 Å². The summed E-state index contributed by atoms with van der Waals surface area (Å²) in [7, 11) is 6.36. The Bertz CT molecular complexity index is 3600. The maximum absolute atomic E-state index is 13.4. The number of hydrogen-bond acceptors (Lipinski definition) is 12. The fourth-order valence-electron chi connectivity index (χ4n) is 7.94. The molecule has 4 N–H and O–H groups in total. The molecule has 2 aromatic carbocycles. The zero-order chi connectivity index (χ0) is 46.6. The van der Waals surface area contributed by atoms with E-state index in [4.69, 9.17) is 23.2 Å². The van der Waals surface area contributed by atoms with Crippen LogP contribution in [0.15, 0.2) is 127 Å². The summed E-state index contributed by atoms with van der Waals surface area (Å²) in [5.74, 6) is 0.474. The van der Waals surface area contributed by atoms with Crippen LogP contribution < -0.4 is 22.5 Å². The van der Waals surface area contributed by atoms with Crippen molar-refractivity contribution >= 4 is 78.8 Å². The lowest BCUT2D eigenvalue weighted by Crippen LogP contribution is -2.39. The Morgan fingerprint density at radius 3 is 1.30 bits per heavy atom. The Labute approximate surface area is 380 Å². The van der Waals surface area contributed by atoms with Crippen molar-refractivity contribution in [2.45, 2.75) is 13.1 Å². The average molecular weight is 928 g/mol. The van der Waals surface area contributed by atoms with Gasteiger partial charge in [-0.05, 0) is 60.7 Å². The summed E-state index contributed by atoms with van der Waals surface area (Å²) in [5.41, 5.74) is 3.10. The lowest BCUT2D eigenvalue weighted by atomic mass is 10.1. The maximum atomic E-state index is 13.4. The Hall–Kier alpha value is -8.36. The maximum Gasteiger partial charge on any atom is 0.332 e. The van der Waals surface area contributed by atoms with Crippen LogP contribution >= 0.6 is 23.2 Å². The highest BCUT2D eigenvalue weighted by Crippen LogP contribution is 2.26. The van der Waals surface area contributed by atoms with Crippen molar-refractivity contribution in [3.8, 4) is 0 Å². The van der Waals surface area contributed by atoms with Gasteiger partial charge in [0.25, 0.3) is 11.1 Å². The van der Waals surface area contributed by atoms with E-state index >= 15 is 0 Å². The molecule has 0 saturated heterocycles. The van der Waals surface area contributed by atoms with Gasteiger partial charge in [-0.25, -0.2) is 19.6 Å². The van der Waals surface area contributed by atoms with E-state index in [-0.39, 0.29) is 58.5 Å². The van der Waals surface area contributed by atoms with Gasteiger partial charge in [-0.2, -0.15) is 0 Å². The summed E-state index contributed by atoms with van der Waals surface area (Å²) in [4.78, 5) is 76.2. The Morgan fingerprint density at radius 1 is 0.576 bits per heavy atom. The van der Waals surface area contributed by atoms with Crippen molar-refractivity contribution in [2.24, 2.45) is 38.5 Å². The first-order chi connectivity index (χ1) is 31.8. The van der Waals surface area contributed by atoms with E-state index in [1.807, 2.05) is 36.4 Å². The van der Waals surface area contributed by atoms with Crippen LogP contribution in [0.5, 0.6) is 0 Å². The van der Waals surface area contributed by atoms with Crippen LogP contribution in [0, 0.1) is 0 Å². The number of hydrogen-bond donors (Lipinski definition) is 4. The zero-order valence-electron chi connectivity index (χ0n) is 35.3. The molecule has 20 nitrogen and oxygen atoms in total. The van der Waals surface area contributed by atoms with Crippen LogP contribution in [-0.4, -0.2) is 79.1 Å². The summed E-state index contributed by atoms with van der Waals surface area (Å²) in [6, 6.07) is 21.2. The van der Waals surface area contributed by atoms with Gasteiger partial charge < -0.3 is 29.5 Å². The van der Waals surface area contributed by atoms with Crippen molar-refractivity contribution in [3.63, 3.8) is 0 Å². The predicted molar refractivity (Wildman–Crippen MR) is 249 cm³/mol. The Kier molecular flexibility index (Phi) is 11.0. The number of aromatic amines is 2. The largest absolute Gasteiger partial charge is 0.410 e. The highest BCUT2D eigenvalue weighted by Gasteiger charge is 2.25. The van der Waals surface area contributed by atoms with Crippen LogP contribution in [0.1, 0.15) is 34.2 Å². The molecule has 0 aliphatic heterocycles. The minimum atomic E-state index is -0.520. The molecule has 22 heteroatoms. The number of benzene rings is 2. The Balaban J connectivity index is 0.000000166. The number of H-pyrrole nitrogens is 2. The van der Waals surface area contributed by atoms with Gasteiger partial charge in [0.1, 0.15) is 0 Å². The van der Waals surface area contributed by atoms with Crippen molar-refractivity contribution in [1.82, 2.24) is 57.3 Å². The van der Waals surface area contributed by atoms with E-state index in [2.05, 4.69) is 40.2 Å². The lowest BCUT2D eigenvalue weighted by molar-refractivity contribution is 0.319. The number of pyridine rings is 2. The number of imidazole rings is 2. The van der Waals surface area contributed by atoms with Crippen LogP contribution in [-0.2, 0) is 41.3 Å². The summed E-state index contributed by atoms with van der Waals surface area (Å²) in [5, 5.41) is 28.9. The molecule has 8 aromatic heterocycles. The first-order valence-electron chi connectivity index (χ1n) is 19.9. The average Bonchev–Trinajstić information content (AvgIpc) is 4.11. The fraction of sp³-hybridized carbons (Fsp3) is 0.136. The number of rotatable bonds is 8. The van der Waals surface area contributed by atoms with Gasteiger partial charge in [0.05, 0.1) is 13.1 Å². The lowest BCUT2D eigenvalue weighted by Gasteiger charge is -2.08. The molecule has 0 spiro atoms. The van der Waals surface area contributed by atoms with E-state index in [1.54, 1.807) is 89.4 Å². The highest BCUT2D eigenvalue weighted by molar-refractivity contribution is 6.35. The SMILES string of the molecule is Cn1c(/C(=N/O)c2ccncc2)nc2c1c(=O)n(Cc1cc3c(Cl)cccc3[nH]1)c(=O)n2C.Cn1c(/C(=N\O)c2ccncc2)nc2c1c(=O)n(Cc1cc3c(Cl)cccc3[nH]1)c(=O)n2C. The van der Waals surface area contributed by atoms with Crippen molar-refractivity contribution in [3.05, 3.63) is 183 Å². The number of aryl methyl sites for hydroxylation is 4. The smallest absolute Gasteiger partial charge is 0.332 e. The van der Waals surface area contributed by atoms with Crippen molar-refractivity contribution in [2.75, 3.05) is 0 Å². The van der Waals surface area contributed by atoms with Crippen LogP contribution in [0.25, 0.3) is 44.1 Å². The van der Waals surface area contributed by atoms with E-state index in [9.17, 15) is 29.6 Å². The molecule has 0 bridgehead atoms. The van der Waals surface area contributed by atoms with Gasteiger partial charge in [0.2, 0.25) is 0 Å². The number of halogens is 2. The molecule has 0 unspecified atom stereocenters. The van der Waals surface area contributed by atoms with Gasteiger partial charge >= 0.3 is 11.4 Å². The minimum Gasteiger partial charge on any atom is -0.410 e. The number of oxime groups is 2. The third-order valence-electron chi connectivity index (χ3n) is 11.2. The van der Waals surface area contributed by atoms with E-state index in [0.717, 1.165) is 30.9 Å². The van der Waals surface area contributed by atoms with E-state index < -0.39 is 22.5 Å². The van der Waals surface area contributed by atoms with Crippen LogP contribution in [0.4, 0.5) is 0 Å². The molecule has 10 aromatic rings. The number of nitrogens with zero attached hydrogens (tertiary/aromatic N) is 12. The number of nitrogens with one attached hydrogen (secondary N) is 2. The standard InChI is InChI=1S/2C22H18ClN7O3/c2*1-28-18-20(26-19(28)17(27-33)12-6-8-24-9-7-12)29(2)22(32)30(21(18)31)11-13-10-14-15(23)4-3-5-16(14)25-13/h2*3-10,25,33H,11H2,1-2H3/b27-17+;27-17-. The fourth-order valence-corrected chi connectivity index (χ4v) is 8.39. The summed E-state index contributed by atoms with van der Waals surface area (Å²) in [6.07, 6.45) is 6.22.